The SMILES string of the molecule is CCCCCCCCCCCCCC/C=C\CCCCCCCCCCCCCCCC(=O)NC(COC1OC(CO)C(OC2OC(CO)C(O)C(OC3(C(=O)O)CC(O)C(NC(C)=O)C(C(O)C(O)CO)O3)C2O)C(O)C1O)C(O)CCCCCCCCCCCCC. The van der Waals surface area contributed by atoms with Crippen molar-refractivity contribution in [1.29, 1.82) is 0 Å². The first-order chi connectivity index (χ1) is 45.4. The Morgan fingerprint density at radius 3 is 1.44 bits per heavy atom. The van der Waals surface area contributed by atoms with E-state index in [0.717, 1.165) is 58.3 Å². The van der Waals surface area contributed by atoms with Crippen molar-refractivity contribution in [3.8, 4) is 0 Å². The molecule has 23 nitrogen and oxygen atoms in total. The van der Waals surface area contributed by atoms with E-state index in [-0.39, 0.29) is 18.9 Å². The van der Waals surface area contributed by atoms with Crippen LogP contribution < -0.4 is 10.6 Å². The molecular weight excluding hydrogens is 1220 g/mol. The molecule has 0 saturated carbocycles. The molecule has 3 fully saturated rings. The van der Waals surface area contributed by atoms with E-state index in [2.05, 4.69) is 36.6 Å². The molecule has 3 aliphatic rings. The van der Waals surface area contributed by atoms with Crippen molar-refractivity contribution < 1.29 is 104 Å². The van der Waals surface area contributed by atoms with Crippen molar-refractivity contribution in [3.05, 3.63) is 12.2 Å². The first-order valence-electron chi connectivity index (χ1n) is 37.0. The number of carboxylic acid groups (broad SMARTS) is 1. The van der Waals surface area contributed by atoms with Gasteiger partial charge in [-0.25, -0.2) is 4.79 Å². The van der Waals surface area contributed by atoms with Gasteiger partial charge in [0.2, 0.25) is 11.8 Å². The fourth-order valence-electron chi connectivity index (χ4n) is 13.1. The van der Waals surface area contributed by atoms with Crippen molar-refractivity contribution in [2.45, 2.75) is 394 Å². The second-order valence-electron chi connectivity index (χ2n) is 27.2. The van der Waals surface area contributed by atoms with Gasteiger partial charge in [0.25, 0.3) is 5.79 Å². The van der Waals surface area contributed by atoms with Crippen molar-refractivity contribution in [1.82, 2.24) is 10.6 Å². The molecule has 3 saturated heterocycles. The van der Waals surface area contributed by atoms with Crippen LogP contribution in [0.4, 0.5) is 0 Å². The topological polar surface area (TPSA) is 373 Å². The molecule has 18 atom stereocenters. The first-order valence-corrected chi connectivity index (χ1v) is 37.0. The Morgan fingerprint density at radius 2 is 0.989 bits per heavy atom. The predicted molar refractivity (Wildman–Crippen MR) is 357 cm³/mol. The molecule has 14 N–H and O–H groups in total. The predicted octanol–water partition coefficient (Wildman–Crippen LogP) is 7.85. The third kappa shape index (κ3) is 33.1. The van der Waals surface area contributed by atoms with Crippen LogP contribution in [0.1, 0.15) is 284 Å². The monoisotopic (exact) mass is 1350 g/mol. The van der Waals surface area contributed by atoms with Gasteiger partial charge in [0, 0.05) is 19.8 Å². The van der Waals surface area contributed by atoms with E-state index in [1.54, 1.807) is 0 Å². The van der Waals surface area contributed by atoms with Crippen LogP contribution in [0.25, 0.3) is 0 Å². The number of nitrogens with one attached hydrogen (secondary N) is 2. The number of aliphatic hydroxyl groups is 11. The highest BCUT2D eigenvalue weighted by atomic mass is 16.8. The lowest BCUT2D eigenvalue weighted by Crippen LogP contribution is -2.70. The van der Waals surface area contributed by atoms with E-state index < -0.39 is 148 Å². The third-order valence-corrected chi connectivity index (χ3v) is 19.0. The molecule has 3 heterocycles. The van der Waals surface area contributed by atoms with Crippen LogP contribution in [0.5, 0.6) is 0 Å². The van der Waals surface area contributed by atoms with Gasteiger partial charge in [-0.15, -0.1) is 0 Å². The fraction of sp³-hybridized carbons (Fsp3) is 0.930. The van der Waals surface area contributed by atoms with Gasteiger partial charge in [-0.2, -0.15) is 0 Å². The number of amides is 2. The molecule has 0 aromatic rings. The minimum Gasteiger partial charge on any atom is -0.477 e. The number of hydrogen-bond donors (Lipinski definition) is 14. The Kier molecular flexibility index (Phi) is 47.0. The number of rotatable bonds is 57. The molecule has 3 aliphatic heterocycles. The molecule has 0 aromatic carbocycles. The van der Waals surface area contributed by atoms with Gasteiger partial charge in [-0.05, 0) is 38.5 Å². The molecule has 18 unspecified atom stereocenters. The molecule has 2 amide bonds. The Bertz CT molecular complexity index is 1940. The summed E-state index contributed by atoms with van der Waals surface area (Å²) in [6.45, 7) is 2.20. The minimum atomic E-state index is -3.08. The zero-order chi connectivity index (χ0) is 68.9. The minimum absolute atomic E-state index is 0.225. The van der Waals surface area contributed by atoms with Gasteiger partial charge in [0.15, 0.2) is 12.6 Å². The van der Waals surface area contributed by atoms with Crippen molar-refractivity contribution in [2.24, 2.45) is 0 Å². The molecule has 0 radical (unpaired) electrons. The zero-order valence-corrected chi connectivity index (χ0v) is 57.8. The van der Waals surface area contributed by atoms with Gasteiger partial charge >= 0.3 is 5.97 Å². The summed E-state index contributed by atoms with van der Waals surface area (Å²) in [4.78, 5) is 38.6. The maximum atomic E-state index is 13.5. The number of allylic oxidation sites excluding steroid dienone is 2. The average molecular weight is 1350 g/mol. The average Bonchev–Trinajstić information content (AvgIpc) is 0.757. The van der Waals surface area contributed by atoms with Crippen LogP contribution in [0.2, 0.25) is 0 Å². The number of unbranched alkanes of at least 4 members (excludes halogenated alkanes) is 35. The summed E-state index contributed by atoms with van der Waals surface area (Å²) < 4.78 is 34.8. The Morgan fingerprint density at radius 1 is 0.543 bits per heavy atom. The Balaban J connectivity index is 1.48. The maximum absolute atomic E-state index is 13.5. The van der Waals surface area contributed by atoms with Crippen LogP contribution in [-0.2, 0) is 42.8 Å². The number of hydrogen-bond acceptors (Lipinski definition) is 20. The normalized spacial score (nSPS) is 27.9. The molecule has 23 heteroatoms. The molecule has 0 bridgehead atoms. The highest BCUT2D eigenvalue weighted by Gasteiger charge is 2.60. The maximum Gasteiger partial charge on any atom is 0.364 e. The fourth-order valence-corrected chi connectivity index (χ4v) is 13.1. The standard InChI is InChI=1S/C71H132N2O21/c1-4-6-8-10-12-14-16-17-18-19-20-21-22-23-24-25-26-27-28-29-30-31-32-33-35-37-39-41-43-45-58(81)73-52(53(78)44-42-40-38-36-34-15-13-11-9-7-5-2)50-89-68-63(85)62(84)65(57(49-76)91-68)92-69-64(86)67(61(83)56(48-75)90-69)94-71(70(87)88)46-54(79)59(72-51(3)77)66(93-71)60(82)55(80)47-74/h23-24,52-57,59-69,74-76,78-80,82-86H,4-22,25-50H2,1-3H3,(H,72,77)(H,73,81)(H,87,88)/b24-23-. The summed E-state index contributed by atoms with van der Waals surface area (Å²) in [6, 6.07) is -2.53. The number of aliphatic hydroxyl groups excluding tert-OH is 11. The van der Waals surface area contributed by atoms with Crippen LogP contribution in [-0.4, -0.2) is 215 Å². The second kappa shape index (κ2) is 51.6. The highest BCUT2D eigenvalue weighted by Crippen LogP contribution is 2.39. The van der Waals surface area contributed by atoms with E-state index in [1.165, 1.54) is 180 Å². The molecule has 94 heavy (non-hydrogen) atoms. The Labute approximate surface area is 562 Å². The highest BCUT2D eigenvalue weighted by molar-refractivity contribution is 5.77. The molecule has 0 spiro atoms. The van der Waals surface area contributed by atoms with E-state index in [1.807, 2.05) is 0 Å². The van der Waals surface area contributed by atoms with Gasteiger partial charge in [0.05, 0.1) is 50.7 Å². The van der Waals surface area contributed by atoms with Crippen molar-refractivity contribution >= 4 is 17.8 Å². The van der Waals surface area contributed by atoms with Crippen LogP contribution in [0.15, 0.2) is 12.2 Å². The van der Waals surface area contributed by atoms with Gasteiger partial charge in [-0.3, -0.25) is 9.59 Å². The first kappa shape index (κ1) is 85.7. The quantitative estimate of drug-likeness (QED) is 0.0203. The second-order valence-corrected chi connectivity index (χ2v) is 27.2. The van der Waals surface area contributed by atoms with E-state index in [4.69, 9.17) is 28.4 Å². The van der Waals surface area contributed by atoms with Gasteiger partial charge in [0.1, 0.15) is 67.1 Å². The van der Waals surface area contributed by atoms with Crippen molar-refractivity contribution in [3.63, 3.8) is 0 Å². The number of carboxylic acids is 1. The largest absolute Gasteiger partial charge is 0.477 e. The summed E-state index contributed by atoms with van der Waals surface area (Å²) in [6.07, 6.45) is 22.4. The summed E-state index contributed by atoms with van der Waals surface area (Å²) in [5, 5.41) is 136. The van der Waals surface area contributed by atoms with Crippen LogP contribution in [0, 0.1) is 0 Å². The van der Waals surface area contributed by atoms with Gasteiger partial charge < -0.3 is 100 Å². The molecule has 0 aliphatic carbocycles. The molecule has 552 valence electrons. The summed E-state index contributed by atoms with van der Waals surface area (Å²) in [5.74, 6) is -6.10. The number of carbonyl (C=O) groups excluding carboxylic acids is 2. The Hall–Kier alpha value is -2.53. The number of ether oxygens (including phenoxy) is 6. The summed E-state index contributed by atoms with van der Waals surface area (Å²) in [5.41, 5.74) is 0. The molecular formula is C71H132N2O21. The lowest BCUT2D eigenvalue weighted by atomic mass is 9.88. The summed E-state index contributed by atoms with van der Waals surface area (Å²) >= 11 is 0. The van der Waals surface area contributed by atoms with E-state index >= 15 is 0 Å². The lowest BCUT2D eigenvalue weighted by Gasteiger charge is -2.50. The van der Waals surface area contributed by atoms with Gasteiger partial charge in [-0.1, -0.05) is 238 Å². The number of carbonyl (C=O) groups is 3. The van der Waals surface area contributed by atoms with Crippen LogP contribution in [0.3, 0.4) is 0 Å². The van der Waals surface area contributed by atoms with E-state index in [0.29, 0.717) is 19.3 Å². The van der Waals surface area contributed by atoms with E-state index in [9.17, 15) is 75.7 Å². The smallest absolute Gasteiger partial charge is 0.364 e. The van der Waals surface area contributed by atoms with Crippen LogP contribution >= 0.6 is 0 Å². The lowest BCUT2D eigenvalue weighted by molar-refractivity contribution is -0.386. The summed E-state index contributed by atoms with van der Waals surface area (Å²) in [7, 11) is 0. The number of aliphatic carboxylic acids is 1. The molecule has 3 rings (SSSR count). The zero-order valence-electron chi connectivity index (χ0n) is 57.8. The van der Waals surface area contributed by atoms with Crippen molar-refractivity contribution in [2.75, 3.05) is 26.4 Å². The molecule has 0 aromatic heterocycles. The third-order valence-electron chi connectivity index (χ3n) is 19.0.